The van der Waals surface area contributed by atoms with E-state index in [0.29, 0.717) is 28.5 Å². The molecule has 0 aliphatic carbocycles. The van der Waals surface area contributed by atoms with Gasteiger partial charge in [0.25, 0.3) is 0 Å². The number of aryl methyl sites for hydroxylation is 2. The van der Waals surface area contributed by atoms with Crippen LogP contribution in [0.4, 0.5) is 4.79 Å². The zero-order chi connectivity index (χ0) is 24.1. The van der Waals surface area contributed by atoms with Gasteiger partial charge in [0.1, 0.15) is 23.9 Å². The first-order valence-corrected chi connectivity index (χ1v) is 10.7. The Hall–Kier alpha value is -3.68. The molecule has 2 aromatic rings. The maximum absolute atomic E-state index is 13.1. The number of likely N-dealkylation sites (N-methyl/N-ethyl adjacent to an activating group) is 1. The molecule has 0 saturated heterocycles. The van der Waals surface area contributed by atoms with E-state index in [1.54, 1.807) is 39.3 Å². The Kier molecular flexibility index (Phi) is 7.48. The summed E-state index contributed by atoms with van der Waals surface area (Å²) in [7, 11) is 4.67. The van der Waals surface area contributed by atoms with Gasteiger partial charge in [-0.3, -0.25) is 4.90 Å². The molecule has 1 atom stereocenters. The molecule has 0 aromatic heterocycles. The van der Waals surface area contributed by atoms with E-state index >= 15 is 0 Å². The summed E-state index contributed by atoms with van der Waals surface area (Å²) in [6.07, 6.45) is 0. The normalized spacial score (nSPS) is 15.8. The van der Waals surface area contributed by atoms with Crippen LogP contribution in [0.2, 0.25) is 0 Å². The van der Waals surface area contributed by atoms with Gasteiger partial charge in [0.05, 0.1) is 38.1 Å². The predicted molar refractivity (Wildman–Crippen MR) is 124 cm³/mol. The van der Waals surface area contributed by atoms with Crippen molar-refractivity contribution < 1.29 is 28.5 Å². The summed E-state index contributed by atoms with van der Waals surface area (Å²) in [6.45, 7) is 5.95. The van der Waals surface area contributed by atoms with E-state index in [4.69, 9.17) is 18.9 Å². The van der Waals surface area contributed by atoms with Crippen LogP contribution in [0.15, 0.2) is 47.7 Å². The second-order valence-electron chi connectivity index (χ2n) is 7.66. The fourth-order valence-electron chi connectivity index (χ4n) is 3.63. The summed E-state index contributed by atoms with van der Waals surface area (Å²) < 4.78 is 22.2. The van der Waals surface area contributed by atoms with Crippen LogP contribution in [0.25, 0.3) is 0 Å². The molecule has 33 heavy (non-hydrogen) atoms. The van der Waals surface area contributed by atoms with Gasteiger partial charge in [-0.2, -0.15) is 0 Å². The summed E-state index contributed by atoms with van der Waals surface area (Å²) in [5, 5.41) is 2.88. The van der Waals surface area contributed by atoms with Crippen LogP contribution in [0.1, 0.15) is 29.7 Å². The van der Waals surface area contributed by atoms with E-state index in [2.05, 4.69) is 5.32 Å². The average molecular weight is 455 g/mol. The third kappa shape index (κ3) is 5.05. The fraction of sp³-hybridized carbons (Fsp3) is 0.360. The van der Waals surface area contributed by atoms with Gasteiger partial charge in [0.2, 0.25) is 0 Å². The Balaban J connectivity index is 2.08. The van der Waals surface area contributed by atoms with Crippen LogP contribution in [0.3, 0.4) is 0 Å². The van der Waals surface area contributed by atoms with Crippen molar-refractivity contribution in [1.82, 2.24) is 10.2 Å². The first-order chi connectivity index (χ1) is 15.8. The fourth-order valence-corrected chi connectivity index (χ4v) is 3.63. The molecule has 3 rings (SSSR count). The molecule has 0 spiro atoms. The second-order valence-corrected chi connectivity index (χ2v) is 7.66. The Morgan fingerprint density at radius 3 is 2.39 bits per heavy atom. The number of nitrogens with zero attached hydrogens (tertiary/aromatic N) is 1. The highest BCUT2D eigenvalue weighted by Gasteiger charge is 2.38. The van der Waals surface area contributed by atoms with Gasteiger partial charge in [0.15, 0.2) is 0 Å². The highest BCUT2D eigenvalue weighted by atomic mass is 16.5. The SMILES string of the molecule is CCOC(=O)C1=C(COc2ccc(C)c(C)c2)N(C)C(=O)NC1c1ccc(OC)cc1OC. The Labute approximate surface area is 194 Å². The molecule has 8 nitrogen and oxygen atoms in total. The molecule has 0 bridgehead atoms. The lowest BCUT2D eigenvalue weighted by Crippen LogP contribution is -2.48. The Morgan fingerprint density at radius 2 is 1.76 bits per heavy atom. The van der Waals surface area contributed by atoms with Gasteiger partial charge in [-0.05, 0) is 56.2 Å². The molecule has 0 saturated carbocycles. The quantitative estimate of drug-likeness (QED) is 0.609. The van der Waals surface area contributed by atoms with Gasteiger partial charge in [0, 0.05) is 18.7 Å². The lowest BCUT2D eigenvalue weighted by Gasteiger charge is -2.35. The Bertz CT molecular complexity index is 1080. The molecule has 1 unspecified atom stereocenters. The molecule has 1 N–H and O–H groups in total. The molecule has 2 aromatic carbocycles. The standard InChI is InChI=1S/C25H30N2O6/c1-7-32-24(28)22-20(14-33-18-9-8-15(2)16(3)12-18)27(4)25(29)26-23(22)19-11-10-17(30-5)13-21(19)31-6/h8-13,23H,7,14H2,1-6H3,(H,26,29). The number of hydrogen-bond acceptors (Lipinski definition) is 6. The van der Waals surface area contributed by atoms with E-state index in [0.717, 1.165) is 11.1 Å². The van der Waals surface area contributed by atoms with Gasteiger partial charge < -0.3 is 24.3 Å². The van der Waals surface area contributed by atoms with E-state index < -0.39 is 12.0 Å². The maximum Gasteiger partial charge on any atom is 0.338 e. The summed E-state index contributed by atoms with van der Waals surface area (Å²) >= 11 is 0. The lowest BCUT2D eigenvalue weighted by molar-refractivity contribution is -0.139. The van der Waals surface area contributed by atoms with Crippen LogP contribution in [-0.2, 0) is 9.53 Å². The van der Waals surface area contributed by atoms with E-state index in [9.17, 15) is 9.59 Å². The van der Waals surface area contributed by atoms with Crippen molar-refractivity contribution in [2.75, 3.05) is 34.5 Å². The molecule has 0 radical (unpaired) electrons. The van der Waals surface area contributed by atoms with Gasteiger partial charge in [-0.25, -0.2) is 9.59 Å². The third-order valence-corrected chi connectivity index (χ3v) is 5.68. The number of rotatable bonds is 8. The van der Waals surface area contributed by atoms with Crippen molar-refractivity contribution in [3.8, 4) is 17.2 Å². The van der Waals surface area contributed by atoms with Crippen LogP contribution in [-0.4, -0.2) is 51.4 Å². The number of amides is 2. The van der Waals surface area contributed by atoms with Crippen LogP contribution in [0, 0.1) is 13.8 Å². The maximum atomic E-state index is 13.1. The van der Waals surface area contributed by atoms with Crippen molar-refractivity contribution in [3.63, 3.8) is 0 Å². The van der Waals surface area contributed by atoms with Gasteiger partial charge in [-0.15, -0.1) is 0 Å². The zero-order valence-electron chi connectivity index (χ0n) is 19.9. The molecule has 2 amide bonds. The molecule has 1 aliphatic heterocycles. The molecular weight excluding hydrogens is 424 g/mol. The number of carbonyl (C=O) groups excluding carboxylic acids is 2. The molecule has 0 fully saturated rings. The van der Waals surface area contributed by atoms with Crippen molar-refractivity contribution in [3.05, 3.63) is 64.4 Å². The number of nitrogens with one attached hydrogen (secondary N) is 1. The largest absolute Gasteiger partial charge is 0.497 e. The molecule has 1 heterocycles. The minimum Gasteiger partial charge on any atom is -0.497 e. The van der Waals surface area contributed by atoms with Crippen molar-refractivity contribution in [1.29, 1.82) is 0 Å². The van der Waals surface area contributed by atoms with Crippen molar-refractivity contribution in [2.45, 2.75) is 26.8 Å². The smallest absolute Gasteiger partial charge is 0.338 e. The van der Waals surface area contributed by atoms with Gasteiger partial charge in [-0.1, -0.05) is 6.07 Å². The highest BCUT2D eigenvalue weighted by Crippen LogP contribution is 2.37. The number of urea groups is 1. The Morgan fingerprint density at radius 1 is 1.03 bits per heavy atom. The first-order valence-electron chi connectivity index (χ1n) is 10.7. The zero-order valence-corrected chi connectivity index (χ0v) is 19.9. The molecule has 176 valence electrons. The number of hydrogen-bond donors (Lipinski definition) is 1. The summed E-state index contributed by atoms with van der Waals surface area (Å²) in [4.78, 5) is 27.3. The molecule has 8 heteroatoms. The highest BCUT2D eigenvalue weighted by molar-refractivity contribution is 5.95. The minimum atomic E-state index is -0.785. The van der Waals surface area contributed by atoms with E-state index in [-0.39, 0.29) is 24.8 Å². The second kappa shape index (κ2) is 10.3. The number of methoxy groups -OCH3 is 2. The number of benzene rings is 2. The first kappa shape index (κ1) is 24.0. The summed E-state index contributed by atoms with van der Waals surface area (Å²) in [6, 6.07) is 9.80. The van der Waals surface area contributed by atoms with Gasteiger partial charge >= 0.3 is 12.0 Å². The minimum absolute atomic E-state index is 0.00946. The topological polar surface area (TPSA) is 86.3 Å². The number of ether oxygens (including phenoxy) is 4. The van der Waals surface area contributed by atoms with Crippen LogP contribution < -0.4 is 19.5 Å². The summed E-state index contributed by atoms with van der Waals surface area (Å²) in [5.74, 6) is 1.17. The van der Waals surface area contributed by atoms with E-state index in [1.807, 2.05) is 32.0 Å². The molecular formula is C25H30N2O6. The average Bonchev–Trinajstić information content (AvgIpc) is 2.81. The monoisotopic (exact) mass is 454 g/mol. The van der Waals surface area contributed by atoms with Crippen LogP contribution in [0.5, 0.6) is 17.2 Å². The molecule has 1 aliphatic rings. The van der Waals surface area contributed by atoms with Crippen molar-refractivity contribution in [2.24, 2.45) is 0 Å². The third-order valence-electron chi connectivity index (χ3n) is 5.68. The number of esters is 1. The lowest BCUT2D eigenvalue weighted by atomic mass is 9.94. The predicted octanol–water partition coefficient (Wildman–Crippen LogP) is 3.91. The van der Waals surface area contributed by atoms with E-state index in [1.165, 1.54) is 12.0 Å². The van der Waals surface area contributed by atoms with Crippen LogP contribution >= 0.6 is 0 Å². The summed E-state index contributed by atoms with van der Waals surface area (Å²) in [5.41, 5.74) is 3.54. The number of carbonyl (C=O) groups is 2. The van der Waals surface area contributed by atoms with Crippen molar-refractivity contribution >= 4 is 12.0 Å².